The maximum Gasteiger partial charge on any atom is 0.326 e. The van der Waals surface area contributed by atoms with Crippen molar-refractivity contribution in [2.75, 3.05) is 7.11 Å². The Kier molecular flexibility index (Phi) is 5.79. The van der Waals surface area contributed by atoms with Gasteiger partial charge in [0.25, 0.3) is 5.91 Å². The van der Waals surface area contributed by atoms with Gasteiger partial charge >= 0.3 is 16.9 Å². The first-order valence-electron chi connectivity index (χ1n) is 5.70. The number of nitrogens with zero attached hydrogens (tertiary/aromatic N) is 1. The van der Waals surface area contributed by atoms with E-state index >= 15 is 0 Å². The molecule has 0 fully saturated rings. The second-order valence-corrected chi connectivity index (χ2v) is 4.94. The summed E-state index contributed by atoms with van der Waals surface area (Å²) in [5.74, 6) is -2.65. The number of amides is 1. The molecule has 1 aromatic rings. The third kappa shape index (κ3) is 4.84. The Balaban J connectivity index is 2.69. The standard InChI is InChI=1S/C11H12N2O7S/c1-20-9(14)5-2-6(11(16)17)12-10(15)7-3-4-8(21-7)13(18)19/h3-4,6H,2,5H2,1H3,(H,12,15)(H,16,17). The van der Waals surface area contributed by atoms with Crippen molar-refractivity contribution in [3.63, 3.8) is 0 Å². The van der Waals surface area contributed by atoms with Crippen LogP contribution in [0, 0.1) is 10.1 Å². The summed E-state index contributed by atoms with van der Waals surface area (Å²) in [6, 6.07) is 1.11. The molecule has 0 aliphatic heterocycles. The molecule has 21 heavy (non-hydrogen) atoms. The molecule has 0 radical (unpaired) electrons. The molecule has 0 saturated heterocycles. The SMILES string of the molecule is COC(=O)CCC(NC(=O)c1ccc([N+](=O)[O-])s1)C(=O)O. The van der Waals surface area contributed by atoms with Gasteiger partial charge in [0.05, 0.1) is 16.9 Å². The Morgan fingerprint density at radius 3 is 2.62 bits per heavy atom. The van der Waals surface area contributed by atoms with E-state index in [0.717, 1.165) is 6.07 Å². The molecule has 0 aliphatic carbocycles. The smallest absolute Gasteiger partial charge is 0.326 e. The molecule has 10 heteroatoms. The molecule has 1 heterocycles. The second-order valence-electron chi connectivity index (χ2n) is 3.87. The van der Waals surface area contributed by atoms with E-state index in [4.69, 9.17) is 5.11 Å². The van der Waals surface area contributed by atoms with Crippen molar-refractivity contribution in [2.45, 2.75) is 18.9 Å². The summed E-state index contributed by atoms with van der Waals surface area (Å²) in [5, 5.41) is 21.5. The van der Waals surface area contributed by atoms with E-state index in [0.29, 0.717) is 11.3 Å². The molecule has 0 bridgehead atoms. The van der Waals surface area contributed by atoms with Gasteiger partial charge in [-0.05, 0) is 12.5 Å². The third-order valence-corrected chi connectivity index (χ3v) is 3.50. The van der Waals surface area contributed by atoms with Crippen LogP contribution < -0.4 is 5.32 Å². The minimum absolute atomic E-state index is 0.0195. The van der Waals surface area contributed by atoms with Gasteiger partial charge < -0.3 is 15.2 Å². The van der Waals surface area contributed by atoms with Crippen LogP contribution in [-0.4, -0.2) is 41.0 Å². The van der Waals surface area contributed by atoms with Crippen LogP contribution in [0.2, 0.25) is 0 Å². The number of thiophene rings is 1. The molecule has 0 spiro atoms. The number of hydrogen-bond acceptors (Lipinski definition) is 7. The van der Waals surface area contributed by atoms with E-state index in [1.807, 2.05) is 0 Å². The summed E-state index contributed by atoms with van der Waals surface area (Å²) >= 11 is 0.636. The Morgan fingerprint density at radius 2 is 2.14 bits per heavy atom. The molecule has 1 aromatic heterocycles. The van der Waals surface area contributed by atoms with Crippen molar-refractivity contribution in [3.8, 4) is 0 Å². The Labute approximate surface area is 122 Å². The minimum atomic E-state index is -1.31. The number of nitro groups is 1. The monoisotopic (exact) mass is 316 g/mol. The number of esters is 1. The molecule has 1 amide bonds. The van der Waals surface area contributed by atoms with Gasteiger partial charge in [0.2, 0.25) is 0 Å². The highest BCUT2D eigenvalue weighted by Crippen LogP contribution is 2.23. The molecule has 1 atom stereocenters. The van der Waals surface area contributed by atoms with Gasteiger partial charge in [-0.1, -0.05) is 11.3 Å². The van der Waals surface area contributed by atoms with Crippen LogP contribution >= 0.6 is 11.3 Å². The molecular formula is C11H12N2O7S. The molecule has 1 rings (SSSR count). The van der Waals surface area contributed by atoms with Gasteiger partial charge in [0.1, 0.15) is 6.04 Å². The van der Waals surface area contributed by atoms with Gasteiger partial charge in [-0.15, -0.1) is 0 Å². The molecule has 114 valence electrons. The average molecular weight is 316 g/mol. The quantitative estimate of drug-likeness (QED) is 0.431. The Bertz CT molecular complexity index is 569. The summed E-state index contributed by atoms with van der Waals surface area (Å²) in [5.41, 5.74) is 0. The van der Waals surface area contributed by atoms with E-state index in [9.17, 15) is 24.5 Å². The van der Waals surface area contributed by atoms with Crippen LogP contribution in [0.25, 0.3) is 0 Å². The molecule has 0 aliphatic rings. The van der Waals surface area contributed by atoms with E-state index in [1.54, 1.807) is 0 Å². The number of methoxy groups -OCH3 is 1. The third-order valence-electron chi connectivity index (χ3n) is 2.46. The van der Waals surface area contributed by atoms with Crippen LogP contribution in [-0.2, 0) is 14.3 Å². The number of hydrogen-bond donors (Lipinski definition) is 2. The van der Waals surface area contributed by atoms with Gasteiger partial charge in [0.15, 0.2) is 0 Å². The second kappa shape index (κ2) is 7.33. The van der Waals surface area contributed by atoms with Crippen molar-refractivity contribution >= 4 is 34.2 Å². The summed E-state index contributed by atoms with van der Waals surface area (Å²) in [4.78, 5) is 43.7. The summed E-state index contributed by atoms with van der Waals surface area (Å²) in [7, 11) is 1.17. The summed E-state index contributed by atoms with van der Waals surface area (Å²) < 4.78 is 4.38. The summed E-state index contributed by atoms with van der Waals surface area (Å²) in [6.07, 6.45) is -0.306. The normalized spacial score (nSPS) is 11.5. The molecule has 2 N–H and O–H groups in total. The molecule has 0 saturated carbocycles. The van der Waals surface area contributed by atoms with Crippen LogP contribution in [0.1, 0.15) is 22.5 Å². The topological polar surface area (TPSA) is 136 Å². The lowest BCUT2D eigenvalue weighted by atomic mass is 10.1. The number of carboxylic acids is 1. The van der Waals surface area contributed by atoms with E-state index in [1.165, 1.54) is 13.2 Å². The molecule has 0 aromatic carbocycles. The van der Waals surface area contributed by atoms with Gasteiger partial charge in [-0.25, -0.2) is 4.79 Å². The van der Waals surface area contributed by atoms with Crippen molar-refractivity contribution < 1.29 is 29.2 Å². The predicted octanol–water partition coefficient (Wildman–Crippen LogP) is 0.792. The minimum Gasteiger partial charge on any atom is -0.480 e. The van der Waals surface area contributed by atoms with Crippen LogP contribution in [0.4, 0.5) is 5.00 Å². The Morgan fingerprint density at radius 1 is 1.48 bits per heavy atom. The Hall–Kier alpha value is -2.49. The summed E-state index contributed by atoms with van der Waals surface area (Å²) in [6.45, 7) is 0. The van der Waals surface area contributed by atoms with E-state index in [-0.39, 0.29) is 22.7 Å². The van der Waals surface area contributed by atoms with Crippen molar-refractivity contribution in [1.29, 1.82) is 0 Å². The van der Waals surface area contributed by atoms with E-state index < -0.39 is 28.8 Å². The number of aliphatic carboxylic acids is 1. The first kappa shape index (κ1) is 16.6. The maximum absolute atomic E-state index is 11.8. The fourth-order valence-corrected chi connectivity index (χ4v) is 2.12. The first-order valence-corrected chi connectivity index (χ1v) is 6.51. The van der Waals surface area contributed by atoms with Crippen LogP contribution in [0.5, 0.6) is 0 Å². The fourth-order valence-electron chi connectivity index (χ4n) is 1.40. The zero-order chi connectivity index (χ0) is 16.0. The average Bonchev–Trinajstić information content (AvgIpc) is 2.92. The lowest BCUT2D eigenvalue weighted by Crippen LogP contribution is -2.40. The highest BCUT2D eigenvalue weighted by atomic mass is 32.1. The highest BCUT2D eigenvalue weighted by molar-refractivity contribution is 7.17. The van der Waals surface area contributed by atoms with Crippen LogP contribution in [0.3, 0.4) is 0 Å². The van der Waals surface area contributed by atoms with Crippen LogP contribution in [0.15, 0.2) is 12.1 Å². The number of rotatable bonds is 7. The van der Waals surface area contributed by atoms with E-state index in [2.05, 4.69) is 10.1 Å². The zero-order valence-corrected chi connectivity index (χ0v) is 11.7. The van der Waals surface area contributed by atoms with Crippen molar-refractivity contribution in [1.82, 2.24) is 5.32 Å². The number of carbonyl (C=O) groups is 3. The van der Waals surface area contributed by atoms with Gasteiger partial charge in [0, 0.05) is 12.5 Å². The zero-order valence-electron chi connectivity index (χ0n) is 10.9. The number of carboxylic acid groups (broad SMARTS) is 1. The highest BCUT2D eigenvalue weighted by Gasteiger charge is 2.23. The number of carbonyl (C=O) groups excluding carboxylic acids is 2. The largest absolute Gasteiger partial charge is 0.480 e. The van der Waals surface area contributed by atoms with Crippen molar-refractivity contribution in [2.24, 2.45) is 0 Å². The molecule has 9 nitrogen and oxygen atoms in total. The lowest BCUT2D eigenvalue weighted by molar-refractivity contribution is -0.380. The lowest BCUT2D eigenvalue weighted by Gasteiger charge is -2.12. The van der Waals surface area contributed by atoms with Gasteiger partial charge in [-0.3, -0.25) is 19.7 Å². The molecule has 1 unspecified atom stereocenters. The maximum atomic E-state index is 11.8. The molecular weight excluding hydrogens is 304 g/mol. The number of nitrogens with one attached hydrogen (secondary N) is 1. The fraction of sp³-hybridized carbons (Fsp3) is 0.364. The van der Waals surface area contributed by atoms with Gasteiger partial charge in [-0.2, -0.15) is 0 Å². The predicted molar refractivity (Wildman–Crippen MR) is 71.1 cm³/mol. The first-order chi connectivity index (χ1) is 9.85. The van der Waals surface area contributed by atoms with Crippen molar-refractivity contribution in [3.05, 3.63) is 27.1 Å². The number of ether oxygens (including phenoxy) is 1.